The number of aryl methyl sites for hydroxylation is 1. The van der Waals surface area contributed by atoms with E-state index in [0.29, 0.717) is 18.3 Å². The van der Waals surface area contributed by atoms with E-state index in [9.17, 15) is 8.42 Å². The van der Waals surface area contributed by atoms with Gasteiger partial charge in [-0.05, 0) is 43.4 Å². The molecule has 26 heavy (non-hydrogen) atoms. The van der Waals surface area contributed by atoms with Crippen LogP contribution in [0.15, 0.2) is 48.7 Å². The largest absolute Gasteiger partial charge is 0.381 e. The lowest BCUT2D eigenvalue weighted by Gasteiger charge is -2.23. The molecule has 2 N–H and O–H groups in total. The van der Waals surface area contributed by atoms with Crippen molar-refractivity contribution in [2.45, 2.75) is 51.0 Å². The minimum Gasteiger partial charge on any atom is -0.381 e. The molecule has 2 aromatic rings. The van der Waals surface area contributed by atoms with Crippen LogP contribution in [0.2, 0.25) is 0 Å². The van der Waals surface area contributed by atoms with Crippen molar-refractivity contribution in [3.63, 3.8) is 0 Å². The van der Waals surface area contributed by atoms with Gasteiger partial charge in [0.15, 0.2) is 0 Å². The molecule has 0 aliphatic heterocycles. The van der Waals surface area contributed by atoms with Crippen molar-refractivity contribution >= 4 is 21.5 Å². The molecule has 0 atom stereocenters. The third kappa shape index (κ3) is 6.02. The Morgan fingerprint density at radius 1 is 1.00 bits per heavy atom. The lowest BCUT2D eigenvalue weighted by atomic mass is 9.95. The highest BCUT2D eigenvalue weighted by atomic mass is 32.2. The Bertz CT molecular complexity index is 770. The second kappa shape index (κ2) is 9.03. The van der Waals surface area contributed by atoms with Gasteiger partial charge in [-0.15, -0.1) is 0 Å². The number of anilines is 2. The summed E-state index contributed by atoms with van der Waals surface area (Å²) in [6.07, 6.45) is 9.28. The minimum absolute atomic E-state index is 0.0889. The van der Waals surface area contributed by atoms with E-state index in [-0.39, 0.29) is 5.75 Å². The number of rotatable bonds is 8. The molecule has 0 saturated heterocycles. The van der Waals surface area contributed by atoms with Crippen molar-refractivity contribution in [2.24, 2.45) is 0 Å². The summed E-state index contributed by atoms with van der Waals surface area (Å²) in [5.74, 6) is 0.463. The van der Waals surface area contributed by atoms with Crippen LogP contribution in [0.5, 0.6) is 0 Å². The van der Waals surface area contributed by atoms with Gasteiger partial charge in [-0.2, -0.15) is 0 Å². The first-order valence-electron chi connectivity index (χ1n) is 9.38. The Morgan fingerprint density at radius 3 is 2.46 bits per heavy atom. The first kappa shape index (κ1) is 18.7. The maximum Gasteiger partial charge on any atom is 0.233 e. The average molecular weight is 374 g/mol. The van der Waals surface area contributed by atoms with Gasteiger partial charge in [0, 0.05) is 6.04 Å². The van der Waals surface area contributed by atoms with E-state index in [4.69, 9.17) is 0 Å². The number of aromatic nitrogens is 1. The quantitative estimate of drug-likeness (QED) is 0.727. The molecule has 1 aliphatic rings. The smallest absolute Gasteiger partial charge is 0.233 e. The molecule has 1 aromatic heterocycles. The van der Waals surface area contributed by atoms with Crippen LogP contribution in [0.3, 0.4) is 0 Å². The van der Waals surface area contributed by atoms with Crippen LogP contribution in [0.25, 0.3) is 0 Å². The second-order valence-electron chi connectivity index (χ2n) is 6.92. The normalized spacial score (nSPS) is 15.5. The van der Waals surface area contributed by atoms with Gasteiger partial charge < -0.3 is 5.32 Å². The molecule has 0 spiro atoms. The fraction of sp³-hybridized carbons (Fsp3) is 0.450. The summed E-state index contributed by atoms with van der Waals surface area (Å²) in [7, 11) is -3.38. The summed E-state index contributed by atoms with van der Waals surface area (Å²) in [5, 5.41) is 3.48. The van der Waals surface area contributed by atoms with E-state index in [1.54, 1.807) is 12.3 Å². The van der Waals surface area contributed by atoms with E-state index in [2.05, 4.69) is 15.0 Å². The van der Waals surface area contributed by atoms with Gasteiger partial charge in [0.1, 0.15) is 5.82 Å². The summed E-state index contributed by atoms with van der Waals surface area (Å²) in [6.45, 7) is 0. The van der Waals surface area contributed by atoms with Gasteiger partial charge in [0.05, 0.1) is 17.6 Å². The lowest BCUT2D eigenvalue weighted by molar-refractivity contribution is 0.462. The molecule has 6 heteroatoms. The van der Waals surface area contributed by atoms with Gasteiger partial charge in [-0.25, -0.2) is 13.4 Å². The van der Waals surface area contributed by atoms with Crippen molar-refractivity contribution < 1.29 is 8.42 Å². The second-order valence-corrected chi connectivity index (χ2v) is 8.76. The number of nitrogens with zero attached hydrogens (tertiary/aromatic N) is 1. The highest BCUT2D eigenvalue weighted by Gasteiger charge is 2.14. The minimum atomic E-state index is -3.38. The number of pyridine rings is 1. The first-order chi connectivity index (χ1) is 12.6. The standard InChI is InChI=1S/C20H27N3O2S/c24-26(25,15-7-10-17-8-3-1-4-9-17)23-20-14-13-19(16-21-20)22-18-11-5-2-6-12-18/h1,3-4,8-9,13-14,16,18,22H,2,5-7,10-12,15H2,(H,21,23). The molecule has 1 heterocycles. The average Bonchev–Trinajstić information content (AvgIpc) is 2.65. The van der Waals surface area contributed by atoms with Crippen LogP contribution in [-0.4, -0.2) is 25.2 Å². The van der Waals surface area contributed by atoms with Gasteiger partial charge in [0.25, 0.3) is 0 Å². The molecular formula is C20H27N3O2S. The van der Waals surface area contributed by atoms with Crippen molar-refractivity contribution in [1.82, 2.24) is 4.98 Å². The molecule has 1 fully saturated rings. The van der Waals surface area contributed by atoms with Crippen molar-refractivity contribution in [2.75, 3.05) is 15.8 Å². The maximum absolute atomic E-state index is 12.2. The van der Waals surface area contributed by atoms with E-state index >= 15 is 0 Å². The van der Waals surface area contributed by atoms with Gasteiger partial charge in [-0.1, -0.05) is 49.6 Å². The molecular weight excluding hydrogens is 346 g/mol. The zero-order valence-corrected chi connectivity index (χ0v) is 15.8. The Labute approximate surface area is 156 Å². The van der Waals surface area contributed by atoms with Crippen LogP contribution in [-0.2, 0) is 16.4 Å². The molecule has 0 radical (unpaired) electrons. The van der Waals surface area contributed by atoms with E-state index in [1.807, 2.05) is 36.4 Å². The van der Waals surface area contributed by atoms with Gasteiger partial charge in [0.2, 0.25) is 10.0 Å². The fourth-order valence-electron chi connectivity index (χ4n) is 3.34. The monoisotopic (exact) mass is 373 g/mol. The fourth-order valence-corrected chi connectivity index (χ4v) is 4.41. The van der Waals surface area contributed by atoms with Crippen molar-refractivity contribution in [1.29, 1.82) is 0 Å². The van der Waals surface area contributed by atoms with Crippen LogP contribution < -0.4 is 10.0 Å². The third-order valence-corrected chi connectivity index (χ3v) is 6.07. The SMILES string of the molecule is O=S(=O)(CCCc1ccccc1)Nc1ccc(NC2CCCCC2)cn1. The maximum atomic E-state index is 12.2. The Hall–Kier alpha value is -2.08. The molecule has 1 aromatic carbocycles. The van der Waals surface area contributed by atoms with Crippen LogP contribution in [0.4, 0.5) is 11.5 Å². The summed E-state index contributed by atoms with van der Waals surface area (Å²) in [6, 6.07) is 14.0. The molecule has 0 unspecified atom stereocenters. The summed E-state index contributed by atoms with van der Waals surface area (Å²) >= 11 is 0. The van der Waals surface area contributed by atoms with Crippen LogP contribution >= 0.6 is 0 Å². The molecule has 1 saturated carbocycles. The zero-order chi connectivity index (χ0) is 18.2. The van der Waals surface area contributed by atoms with Crippen LogP contribution in [0, 0.1) is 0 Å². The van der Waals surface area contributed by atoms with Gasteiger partial charge in [-0.3, -0.25) is 4.72 Å². The molecule has 0 amide bonds. The molecule has 0 bridgehead atoms. The van der Waals surface area contributed by atoms with E-state index < -0.39 is 10.0 Å². The number of nitrogens with one attached hydrogen (secondary N) is 2. The molecule has 3 rings (SSSR count). The third-order valence-electron chi connectivity index (χ3n) is 4.72. The predicted octanol–water partition coefficient (Wildman–Crippen LogP) is 4.20. The number of hydrogen-bond donors (Lipinski definition) is 2. The van der Waals surface area contributed by atoms with E-state index in [1.165, 1.54) is 32.1 Å². The van der Waals surface area contributed by atoms with Crippen molar-refractivity contribution in [3.05, 3.63) is 54.2 Å². The molecule has 5 nitrogen and oxygen atoms in total. The van der Waals surface area contributed by atoms with Crippen molar-refractivity contribution in [3.8, 4) is 0 Å². The highest BCUT2D eigenvalue weighted by Crippen LogP contribution is 2.22. The predicted molar refractivity (Wildman–Crippen MR) is 107 cm³/mol. The zero-order valence-electron chi connectivity index (χ0n) is 15.0. The Morgan fingerprint density at radius 2 is 1.77 bits per heavy atom. The Balaban J connectivity index is 1.47. The summed E-state index contributed by atoms with van der Waals surface area (Å²) in [5.41, 5.74) is 2.10. The van der Waals surface area contributed by atoms with Gasteiger partial charge >= 0.3 is 0 Å². The first-order valence-corrected chi connectivity index (χ1v) is 11.0. The lowest BCUT2D eigenvalue weighted by Crippen LogP contribution is -2.22. The highest BCUT2D eigenvalue weighted by molar-refractivity contribution is 7.92. The number of sulfonamides is 1. The number of benzene rings is 1. The molecule has 140 valence electrons. The number of hydrogen-bond acceptors (Lipinski definition) is 4. The summed E-state index contributed by atoms with van der Waals surface area (Å²) < 4.78 is 27.0. The Kier molecular flexibility index (Phi) is 6.50. The molecule has 1 aliphatic carbocycles. The van der Waals surface area contributed by atoms with Crippen LogP contribution in [0.1, 0.15) is 44.1 Å². The topological polar surface area (TPSA) is 71.1 Å². The summed E-state index contributed by atoms with van der Waals surface area (Å²) in [4.78, 5) is 4.24. The van der Waals surface area contributed by atoms with E-state index in [0.717, 1.165) is 17.7 Å².